The first-order chi connectivity index (χ1) is 8.56. The summed E-state index contributed by atoms with van der Waals surface area (Å²) in [5.41, 5.74) is 7.47. The van der Waals surface area contributed by atoms with Gasteiger partial charge in [-0.1, -0.05) is 13.0 Å². The minimum absolute atomic E-state index is 0.0822. The zero-order valence-corrected chi connectivity index (χ0v) is 11.3. The molecular formula is C14H22N2O2. The fourth-order valence-corrected chi connectivity index (χ4v) is 1.65. The van der Waals surface area contributed by atoms with Crippen LogP contribution in [0, 0.1) is 0 Å². The number of hydrogen-bond acceptors (Lipinski definition) is 3. The van der Waals surface area contributed by atoms with Crippen LogP contribution in [-0.4, -0.2) is 19.1 Å². The molecule has 0 aliphatic carbocycles. The molecule has 1 amide bonds. The highest BCUT2D eigenvalue weighted by Crippen LogP contribution is 2.22. The summed E-state index contributed by atoms with van der Waals surface area (Å²) in [5, 5.41) is 2.94. The number of benzene rings is 1. The average molecular weight is 250 g/mol. The van der Waals surface area contributed by atoms with Gasteiger partial charge in [0.25, 0.3) is 0 Å². The molecule has 1 atom stereocenters. The second kappa shape index (κ2) is 6.89. The van der Waals surface area contributed by atoms with E-state index in [4.69, 9.17) is 10.5 Å². The van der Waals surface area contributed by atoms with Crippen molar-refractivity contribution in [2.45, 2.75) is 39.2 Å². The van der Waals surface area contributed by atoms with Crippen LogP contribution in [0.1, 0.15) is 32.3 Å². The molecular weight excluding hydrogens is 228 g/mol. The number of hydrogen-bond donors (Lipinski definition) is 2. The third-order valence-corrected chi connectivity index (χ3v) is 2.95. The van der Waals surface area contributed by atoms with Gasteiger partial charge in [0.1, 0.15) is 5.75 Å². The van der Waals surface area contributed by atoms with Crippen LogP contribution in [0.15, 0.2) is 18.2 Å². The Bertz CT molecular complexity index is 405. The molecule has 0 saturated heterocycles. The Hall–Kier alpha value is -1.71. The van der Waals surface area contributed by atoms with E-state index in [0.29, 0.717) is 24.3 Å². The molecule has 18 heavy (non-hydrogen) atoms. The highest BCUT2D eigenvalue weighted by molar-refractivity contribution is 5.76. The van der Waals surface area contributed by atoms with Crippen LogP contribution in [0.25, 0.3) is 0 Å². The molecule has 0 spiro atoms. The van der Waals surface area contributed by atoms with Gasteiger partial charge in [-0.3, -0.25) is 4.79 Å². The summed E-state index contributed by atoms with van der Waals surface area (Å²) in [4.78, 5) is 11.6. The maximum absolute atomic E-state index is 11.6. The number of nitrogens with one attached hydrogen (secondary N) is 1. The van der Waals surface area contributed by atoms with Gasteiger partial charge >= 0.3 is 0 Å². The lowest BCUT2D eigenvalue weighted by Crippen LogP contribution is -2.32. The number of anilines is 1. The highest BCUT2D eigenvalue weighted by atomic mass is 16.5. The van der Waals surface area contributed by atoms with Crippen LogP contribution in [-0.2, 0) is 11.2 Å². The van der Waals surface area contributed by atoms with E-state index in [1.807, 2.05) is 25.1 Å². The summed E-state index contributed by atoms with van der Waals surface area (Å²) in [6, 6.07) is 5.86. The molecule has 100 valence electrons. The summed E-state index contributed by atoms with van der Waals surface area (Å²) in [7, 11) is 1.59. The van der Waals surface area contributed by atoms with Crippen LogP contribution >= 0.6 is 0 Å². The number of carbonyl (C=O) groups is 1. The molecule has 4 nitrogen and oxygen atoms in total. The maximum Gasteiger partial charge on any atom is 0.220 e. The van der Waals surface area contributed by atoms with Gasteiger partial charge in [-0.25, -0.2) is 0 Å². The van der Waals surface area contributed by atoms with Crippen LogP contribution in [0.4, 0.5) is 5.69 Å². The molecule has 1 rings (SSSR count). The van der Waals surface area contributed by atoms with Crippen LogP contribution in [0.5, 0.6) is 5.75 Å². The second-order valence-corrected chi connectivity index (χ2v) is 4.45. The maximum atomic E-state index is 11.6. The van der Waals surface area contributed by atoms with Crippen LogP contribution in [0.3, 0.4) is 0 Å². The fourth-order valence-electron chi connectivity index (χ4n) is 1.65. The van der Waals surface area contributed by atoms with Crippen molar-refractivity contribution in [2.24, 2.45) is 0 Å². The van der Waals surface area contributed by atoms with E-state index < -0.39 is 0 Å². The first-order valence-electron chi connectivity index (χ1n) is 6.28. The Kier molecular flexibility index (Phi) is 5.49. The average Bonchev–Trinajstić information content (AvgIpc) is 2.36. The number of methoxy groups -OCH3 is 1. The number of nitrogens with two attached hydrogens (primary N) is 1. The second-order valence-electron chi connectivity index (χ2n) is 4.45. The molecule has 0 bridgehead atoms. The van der Waals surface area contributed by atoms with Crippen molar-refractivity contribution in [3.63, 3.8) is 0 Å². The topological polar surface area (TPSA) is 64.3 Å². The van der Waals surface area contributed by atoms with Crippen molar-refractivity contribution in [3.8, 4) is 5.75 Å². The molecule has 0 saturated carbocycles. The third-order valence-electron chi connectivity index (χ3n) is 2.95. The molecule has 0 fully saturated rings. The van der Waals surface area contributed by atoms with Gasteiger partial charge < -0.3 is 15.8 Å². The molecule has 0 aromatic heterocycles. The summed E-state index contributed by atoms with van der Waals surface area (Å²) < 4.78 is 5.09. The normalized spacial score (nSPS) is 11.9. The molecule has 0 radical (unpaired) electrons. The fraction of sp³-hybridized carbons (Fsp3) is 0.500. The number of nitrogen functional groups attached to an aromatic ring is 1. The van der Waals surface area contributed by atoms with Crippen molar-refractivity contribution >= 4 is 11.6 Å². The lowest BCUT2D eigenvalue weighted by molar-refractivity contribution is -0.121. The third kappa shape index (κ3) is 4.28. The van der Waals surface area contributed by atoms with Crippen molar-refractivity contribution in [1.29, 1.82) is 0 Å². The number of carbonyl (C=O) groups excluding carboxylic acids is 1. The predicted octanol–water partition coefficient (Wildman–Crippen LogP) is 2.12. The summed E-state index contributed by atoms with van der Waals surface area (Å²) in [6.45, 7) is 4.05. The van der Waals surface area contributed by atoms with Gasteiger partial charge in [-0.2, -0.15) is 0 Å². The first kappa shape index (κ1) is 14.4. The highest BCUT2D eigenvalue weighted by Gasteiger charge is 2.07. The molecule has 0 heterocycles. The zero-order valence-electron chi connectivity index (χ0n) is 11.3. The van der Waals surface area contributed by atoms with E-state index in [2.05, 4.69) is 12.2 Å². The molecule has 1 unspecified atom stereocenters. The van der Waals surface area contributed by atoms with Gasteiger partial charge in [0.15, 0.2) is 0 Å². The summed E-state index contributed by atoms with van der Waals surface area (Å²) in [6.07, 6.45) is 2.12. The minimum atomic E-state index is 0.0822. The number of ether oxygens (including phenoxy) is 1. The van der Waals surface area contributed by atoms with Crippen molar-refractivity contribution in [3.05, 3.63) is 23.8 Å². The van der Waals surface area contributed by atoms with E-state index in [1.54, 1.807) is 7.11 Å². The van der Waals surface area contributed by atoms with E-state index in [-0.39, 0.29) is 11.9 Å². The Morgan fingerprint density at radius 2 is 2.22 bits per heavy atom. The van der Waals surface area contributed by atoms with E-state index in [9.17, 15) is 4.79 Å². The van der Waals surface area contributed by atoms with Gasteiger partial charge in [0.2, 0.25) is 5.91 Å². The Labute approximate surface area is 109 Å². The molecule has 0 aliphatic heterocycles. The van der Waals surface area contributed by atoms with Gasteiger partial charge in [0.05, 0.1) is 12.8 Å². The summed E-state index contributed by atoms with van der Waals surface area (Å²) >= 11 is 0. The van der Waals surface area contributed by atoms with Gasteiger partial charge in [-0.15, -0.1) is 0 Å². The Morgan fingerprint density at radius 1 is 1.50 bits per heavy atom. The van der Waals surface area contributed by atoms with E-state index >= 15 is 0 Å². The molecule has 1 aromatic rings. The lowest BCUT2D eigenvalue weighted by atomic mass is 10.1. The Balaban J connectivity index is 2.48. The van der Waals surface area contributed by atoms with Crippen molar-refractivity contribution in [2.75, 3.05) is 12.8 Å². The van der Waals surface area contributed by atoms with E-state index in [1.165, 1.54) is 0 Å². The van der Waals surface area contributed by atoms with E-state index in [0.717, 1.165) is 12.0 Å². The van der Waals surface area contributed by atoms with Gasteiger partial charge in [-0.05, 0) is 37.5 Å². The van der Waals surface area contributed by atoms with Gasteiger partial charge in [0, 0.05) is 12.5 Å². The SMILES string of the molecule is CCC(C)NC(=O)CCc1ccc(OC)c(N)c1. The van der Waals surface area contributed by atoms with Crippen molar-refractivity contribution < 1.29 is 9.53 Å². The minimum Gasteiger partial charge on any atom is -0.495 e. The predicted molar refractivity (Wildman–Crippen MR) is 73.6 cm³/mol. The summed E-state index contributed by atoms with van der Waals surface area (Å²) in [5.74, 6) is 0.751. The molecule has 4 heteroatoms. The standard InChI is InChI=1S/C14H22N2O2/c1-4-10(2)16-14(17)8-6-11-5-7-13(18-3)12(15)9-11/h5,7,9-10H,4,6,8,15H2,1-3H3,(H,16,17). The Morgan fingerprint density at radius 3 is 2.78 bits per heavy atom. The molecule has 3 N–H and O–H groups in total. The largest absolute Gasteiger partial charge is 0.495 e. The monoisotopic (exact) mass is 250 g/mol. The van der Waals surface area contributed by atoms with Crippen molar-refractivity contribution in [1.82, 2.24) is 5.32 Å². The number of amides is 1. The number of rotatable bonds is 6. The lowest BCUT2D eigenvalue weighted by Gasteiger charge is -2.11. The van der Waals surface area contributed by atoms with Crippen LogP contribution < -0.4 is 15.8 Å². The molecule has 0 aliphatic rings. The zero-order chi connectivity index (χ0) is 13.5. The smallest absolute Gasteiger partial charge is 0.220 e. The molecule has 1 aromatic carbocycles. The first-order valence-corrected chi connectivity index (χ1v) is 6.28. The quantitative estimate of drug-likeness (QED) is 0.760. The van der Waals surface area contributed by atoms with Crippen LogP contribution in [0.2, 0.25) is 0 Å². The number of aryl methyl sites for hydroxylation is 1.